The normalized spacial score (nSPS) is 18.7. The maximum atomic E-state index is 9.80. The van der Waals surface area contributed by atoms with Gasteiger partial charge in [-0.25, -0.2) is 15.0 Å². The number of aromatic nitrogens is 3. The zero-order valence-electron chi connectivity index (χ0n) is 17.6. The maximum Gasteiger partial charge on any atom is 0.191 e. The summed E-state index contributed by atoms with van der Waals surface area (Å²) in [6, 6.07) is 9.95. The van der Waals surface area contributed by atoms with Gasteiger partial charge in [-0.3, -0.25) is 0 Å². The van der Waals surface area contributed by atoms with Gasteiger partial charge < -0.3 is 20.5 Å². The van der Waals surface area contributed by atoms with E-state index in [1.807, 2.05) is 30.3 Å². The summed E-state index contributed by atoms with van der Waals surface area (Å²) in [6.45, 7) is 0.984. The van der Waals surface area contributed by atoms with E-state index in [0.29, 0.717) is 15.9 Å². The lowest BCUT2D eigenvalue weighted by Crippen LogP contribution is -2.32. The fraction of sp³-hybridized carbons (Fsp3) is 0.348. The Hall–Kier alpha value is -2.62. The molecule has 32 heavy (non-hydrogen) atoms. The number of benzene rings is 1. The van der Waals surface area contributed by atoms with Crippen molar-refractivity contribution >= 4 is 44.4 Å². The van der Waals surface area contributed by atoms with Crippen LogP contribution in [0.3, 0.4) is 0 Å². The quantitative estimate of drug-likeness (QED) is 0.390. The second kappa shape index (κ2) is 9.48. The fourth-order valence-corrected chi connectivity index (χ4v) is 5.65. The van der Waals surface area contributed by atoms with Crippen LogP contribution in [-0.4, -0.2) is 45.0 Å². The van der Waals surface area contributed by atoms with Gasteiger partial charge in [0.2, 0.25) is 0 Å². The third kappa shape index (κ3) is 4.60. The lowest BCUT2D eigenvalue weighted by Gasteiger charge is -2.24. The molecule has 1 aromatic carbocycles. The van der Waals surface area contributed by atoms with Gasteiger partial charge in [-0.2, -0.15) is 0 Å². The number of rotatable bonds is 7. The number of aliphatic hydroxyl groups excluding tert-OH is 1. The predicted molar refractivity (Wildman–Crippen MR) is 130 cm³/mol. The molecule has 0 radical (unpaired) electrons. The largest absolute Gasteiger partial charge is 0.462 e. The summed E-state index contributed by atoms with van der Waals surface area (Å²) >= 11 is 2.99. The zero-order chi connectivity index (χ0) is 21.9. The van der Waals surface area contributed by atoms with Gasteiger partial charge in [0.15, 0.2) is 21.8 Å². The topological polar surface area (TPSA) is 97.4 Å². The summed E-state index contributed by atoms with van der Waals surface area (Å²) in [5.41, 5.74) is 7.81. The number of anilines is 2. The Kier molecular flexibility index (Phi) is 6.29. The summed E-state index contributed by atoms with van der Waals surface area (Å²) in [5, 5.41) is 11.0. The van der Waals surface area contributed by atoms with Crippen molar-refractivity contribution in [3.63, 3.8) is 0 Å². The van der Waals surface area contributed by atoms with Gasteiger partial charge in [0, 0.05) is 18.7 Å². The van der Waals surface area contributed by atoms with Crippen LogP contribution in [0.2, 0.25) is 0 Å². The molecule has 0 bridgehead atoms. The van der Waals surface area contributed by atoms with Crippen molar-refractivity contribution in [1.29, 1.82) is 0 Å². The molecule has 2 aliphatic rings. The molecular formula is C23H25N5O2S2. The zero-order valence-corrected chi connectivity index (χ0v) is 19.2. The standard InChI is InChI=1S/C23H25N5O2S2/c24-22-25-20-19(32-22)21(28-11-5-7-16(28)13-29)27-23(26-20)31-14-15-6-4-10-18(12-15)30-17-8-2-1-3-9-17/h1-3,6,8-9,12,16,29H,4-5,7,10-11,13-14H2,(H2,24,25,26,27)/t16-/m0/s1. The molecule has 0 amide bonds. The Morgan fingerprint density at radius 2 is 2.09 bits per heavy atom. The summed E-state index contributed by atoms with van der Waals surface area (Å²) in [6.07, 6.45) is 8.20. The molecule has 0 spiro atoms. The van der Waals surface area contributed by atoms with Crippen molar-refractivity contribution in [2.24, 2.45) is 0 Å². The lowest BCUT2D eigenvalue weighted by atomic mass is 10.1. The van der Waals surface area contributed by atoms with Crippen molar-refractivity contribution in [3.05, 3.63) is 53.8 Å². The van der Waals surface area contributed by atoms with E-state index in [0.717, 1.165) is 60.0 Å². The number of hydrogen-bond donors (Lipinski definition) is 2. The Labute approximate surface area is 195 Å². The monoisotopic (exact) mass is 467 g/mol. The number of aliphatic hydroxyl groups is 1. The molecule has 1 fully saturated rings. The van der Waals surface area contributed by atoms with E-state index in [2.05, 4.69) is 27.0 Å². The van der Waals surface area contributed by atoms with Crippen LogP contribution in [0.4, 0.5) is 10.9 Å². The molecule has 9 heteroatoms. The van der Waals surface area contributed by atoms with Crippen LogP contribution in [0.15, 0.2) is 59.0 Å². The van der Waals surface area contributed by atoms with E-state index in [1.165, 1.54) is 16.9 Å². The highest BCUT2D eigenvalue weighted by Crippen LogP contribution is 2.36. The van der Waals surface area contributed by atoms with Gasteiger partial charge in [0.1, 0.15) is 16.2 Å². The first-order chi connectivity index (χ1) is 15.7. The van der Waals surface area contributed by atoms with Gasteiger partial charge >= 0.3 is 0 Å². The SMILES string of the molecule is Nc1nc2nc(SCC3=CCCC(Oc4ccccc4)=C3)nc(N3CCC[C@H]3CO)c2s1. The number of nitrogens with two attached hydrogens (primary N) is 1. The second-order valence-corrected chi connectivity index (χ2v) is 9.81. The second-order valence-electron chi connectivity index (χ2n) is 7.84. The molecule has 1 aliphatic carbocycles. The van der Waals surface area contributed by atoms with Crippen LogP contribution in [0, 0.1) is 0 Å². The van der Waals surface area contributed by atoms with Gasteiger partial charge in [-0.05, 0) is 43.0 Å². The molecule has 0 unspecified atom stereocenters. The molecule has 1 atom stereocenters. The highest BCUT2D eigenvalue weighted by Gasteiger charge is 2.28. The van der Waals surface area contributed by atoms with E-state index in [-0.39, 0.29) is 12.6 Å². The van der Waals surface area contributed by atoms with Crippen molar-refractivity contribution < 1.29 is 9.84 Å². The molecule has 5 rings (SSSR count). The number of thiazole rings is 1. The minimum Gasteiger partial charge on any atom is -0.462 e. The van der Waals surface area contributed by atoms with Crippen molar-refractivity contribution in [1.82, 2.24) is 15.0 Å². The van der Waals surface area contributed by atoms with Crippen LogP contribution in [0.1, 0.15) is 25.7 Å². The molecule has 3 aromatic rings. The number of allylic oxidation sites excluding steroid dienone is 3. The van der Waals surface area contributed by atoms with Crippen LogP contribution < -0.4 is 15.4 Å². The Balaban J connectivity index is 1.35. The molecule has 1 saturated heterocycles. The number of nitrogens with zero attached hydrogens (tertiary/aromatic N) is 4. The molecular weight excluding hydrogens is 442 g/mol. The van der Waals surface area contributed by atoms with Gasteiger partial charge in [0.05, 0.1) is 12.6 Å². The average molecular weight is 468 g/mol. The first-order valence-electron chi connectivity index (χ1n) is 10.8. The highest BCUT2D eigenvalue weighted by atomic mass is 32.2. The summed E-state index contributed by atoms with van der Waals surface area (Å²) in [7, 11) is 0. The van der Waals surface area contributed by atoms with Crippen LogP contribution in [0.5, 0.6) is 5.75 Å². The van der Waals surface area contributed by atoms with E-state index in [4.69, 9.17) is 15.5 Å². The summed E-state index contributed by atoms with van der Waals surface area (Å²) < 4.78 is 6.93. The Morgan fingerprint density at radius 3 is 2.94 bits per heavy atom. The van der Waals surface area contributed by atoms with Crippen LogP contribution >= 0.6 is 23.1 Å². The van der Waals surface area contributed by atoms with E-state index in [9.17, 15) is 5.11 Å². The number of thioether (sulfide) groups is 1. The molecule has 0 saturated carbocycles. The minimum atomic E-state index is 0.0796. The van der Waals surface area contributed by atoms with E-state index >= 15 is 0 Å². The first kappa shape index (κ1) is 21.2. The molecule has 1 aliphatic heterocycles. The summed E-state index contributed by atoms with van der Waals surface area (Å²) in [4.78, 5) is 16.1. The average Bonchev–Trinajstić information content (AvgIpc) is 3.43. The molecule has 7 nitrogen and oxygen atoms in total. The minimum absolute atomic E-state index is 0.0796. The highest BCUT2D eigenvalue weighted by molar-refractivity contribution is 7.99. The number of nitrogen functional groups attached to an aromatic ring is 1. The van der Waals surface area contributed by atoms with Crippen LogP contribution in [0.25, 0.3) is 10.3 Å². The molecule has 2 aromatic heterocycles. The van der Waals surface area contributed by atoms with Gasteiger partial charge in [-0.1, -0.05) is 47.4 Å². The molecule has 166 valence electrons. The first-order valence-corrected chi connectivity index (χ1v) is 12.6. The Bertz CT molecular complexity index is 1160. The Morgan fingerprint density at radius 1 is 1.22 bits per heavy atom. The maximum absolute atomic E-state index is 9.80. The van der Waals surface area contributed by atoms with Crippen molar-refractivity contribution in [2.75, 3.05) is 29.5 Å². The van der Waals surface area contributed by atoms with Gasteiger partial charge in [-0.15, -0.1) is 0 Å². The third-order valence-corrected chi connectivity index (χ3v) is 7.38. The van der Waals surface area contributed by atoms with Crippen LogP contribution in [-0.2, 0) is 0 Å². The van der Waals surface area contributed by atoms with Crippen molar-refractivity contribution in [3.8, 4) is 5.75 Å². The predicted octanol–water partition coefficient (Wildman–Crippen LogP) is 4.40. The van der Waals surface area contributed by atoms with Crippen molar-refractivity contribution in [2.45, 2.75) is 36.9 Å². The number of para-hydroxylation sites is 1. The smallest absolute Gasteiger partial charge is 0.191 e. The molecule has 3 heterocycles. The fourth-order valence-electron chi connectivity index (χ4n) is 4.08. The third-order valence-electron chi connectivity index (χ3n) is 5.60. The lowest BCUT2D eigenvalue weighted by molar-refractivity contribution is 0.266. The van der Waals surface area contributed by atoms with E-state index in [1.54, 1.807) is 11.8 Å². The van der Waals surface area contributed by atoms with E-state index < -0.39 is 0 Å². The molecule has 3 N–H and O–H groups in total. The number of ether oxygens (including phenoxy) is 1. The summed E-state index contributed by atoms with van der Waals surface area (Å²) in [5.74, 6) is 3.41. The van der Waals surface area contributed by atoms with Gasteiger partial charge in [0.25, 0.3) is 0 Å². The number of fused-ring (bicyclic) bond motifs is 1. The number of hydrogen-bond acceptors (Lipinski definition) is 9.